The van der Waals surface area contributed by atoms with Crippen molar-refractivity contribution in [2.75, 3.05) is 32.2 Å². The zero-order chi connectivity index (χ0) is 22.6. The molecule has 8 nitrogen and oxygen atoms in total. The molecule has 0 aliphatic carbocycles. The number of methoxy groups -OCH3 is 2. The summed E-state index contributed by atoms with van der Waals surface area (Å²) in [5.74, 6) is 4.00. The number of thiazole rings is 1. The standard InChI is InChI=1S/C23H25N5O3S2/c1-29-17-7-8-19(20(12-17)30-2)21-24-16(14-32-21)15-33-23-26-25-22(27-9-3-4-10-27)28(23)13-18-6-5-11-31-18/h5-8,11-12,14H,3-4,9-10,13,15H2,1-2H3. The normalized spacial score (nSPS) is 13.6. The molecule has 3 aromatic heterocycles. The average Bonchev–Trinajstić information content (AvgIpc) is 3.65. The number of ether oxygens (including phenoxy) is 2. The molecule has 0 spiro atoms. The maximum Gasteiger partial charge on any atom is 0.228 e. The molecule has 0 amide bonds. The van der Waals surface area contributed by atoms with Crippen molar-refractivity contribution in [3.05, 3.63) is 53.4 Å². The van der Waals surface area contributed by atoms with Gasteiger partial charge < -0.3 is 18.8 Å². The molecule has 1 saturated heterocycles. The van der Waals surface area contributed by atoms with E-state index in [0.717, 1.165) is 57.7 Å². The van der Waals surface area contributed by atoms with Crippen LogP contribution < -0.4 is 14.4 Å². The van der Waals surface area contributed by atoms with Crippen LogP contribution in [0.1, 0.15) is 24.3 Å². The van der Waals surface area contributed by atoms with Crippen molar-refractivity contribution in [3.8, 4) is 22.1 Å². The zero-order valence-corrected chi connectivity index (χ0v) is 20.2. The van der Waals surface area contributed by atoms with Gasteiger partial charge in [0.2, 0.25) is 5.95 Å². The number of anilines is 1. The molecule has 0 radical (unpaired) electrons. The summed E-state index contributed by atoms with van der Waals surface area (Å²) in [5, 5.41) is 12.9. The smallest absolute Gasteiger partial charge is 0.228 e. The molecule has 5 rings (SSSR count). The second kappa shape index (κ2) is 9.88. The lowest BCUT2D eigenvalue weighted by Gasteiger charge is -2.17. The van der Waals surface area contributed by atoms with E-state index in [4.69, 9.17) is 18.9 Å². The average molecular weight is 484 g/mol. The van der Waals surface area contributed by atoms with Gasteiger partial charge in [-0.05, 0) is 37.1 Å². The lowest BCUT2D eigenvalue weighted by atomic mass is 10.2. The molecule has 172 valence electrons. The van der Waals surface area contributed by atoms with E-state index in [1.165, 1.54) is 12.8 Å². The number of thioether (sulfide) groups is 1. The Morgan fingerprint density at radius 2 is 2.00 bits per heavy atom. The summed E-state index contributed by atoms with van der Waals surface area (Å²) in [6.07, 6.45) is 4.07. The second-order valence-corrected chi connectivity index (χ2v) is 9.44. The Kier molecular flexibility index (Phi) is 6.54. The SMILES string of the molecule is COc1ccc(-c2nc(CSc3nnc(N4CCCC4)n3Cc3ccco3)cs2)c(OC)c1. The lowest BCUT2D eigenvalue weighted by Crippen LogP contribution is -2.22. The van der Waals surface area contributed by atoms with Crippen LogP contribution in [0.3, 0.4) is 0 Å². The molecular formula is C23H25N5O3S2. The summed E-state index contributed by atoms with van der Waals surface area (Å²) in [6, 6.07) is 9.67. The van der Waals surface area contributed by atoms with Gasteiger partial charge in [-0.25, -0.2) is 4.98 Å². The number of rotatable bonds is 9. The van der Waals surface area contributed by atoms with Crippen LogP contribution in [0.15, 0.2) is 51.5 Å². The Morgan fingerprint density at radius 1 is 1.12 bits per heavy atom. The molecule has 1 aliphatic heterocycles. The van der Waals surface area contributed by atoms with Gasteiger partial charge in [0.1, 0.15) is 22.3 Å². The fourth-order valence-electron chi connectivity index (χ4n) is 3.85. The van der Waals surface area contributed by atoms with Crippen molar-refractivity contribution in [1.82, 2.24) is 19.7 Å². The van der Waals surface area contributed by atoms with Crippen molar-refractivity contribution < 1.29 is 13.9 Å². The van der Waals surface area contributed by atoms with E-state index in [0.29, 0.717) is 12.3 Å². The van der Waals surface area contributed by atoms with Crippen LogP contribution in [0, 0.1) is 0 Å². The first-order valence-corrected chi connectivity index (χ1v) is 12.6. The molecule has 1 aromatic carbocycles. The first-order valence-electron chi connectivity index (χ1n) is 10.8. The monoisotopic (exact) mass is 483 g/mol. The first-order chi connectivity index (χ1) is 16.2. The van der Waals surface area contributed by atoms with Gasteiger partial charge in [-0.3, -0.25) is 4.57 Å². The van der Waals surface area contributed by atoms with Gasteiger partial charge in [-0.1, -0.05) is 11.8 Å². The van der Waals surface area contributed by atoms with Crippen LogP contribution in [-0.2, 0) is 12.3 Å². The first kappa shape index (κ1) is 21.8. The third kappa shape index (κ3) is 4.72. The van der Waals surface area contributed by atoms with Gasteiger partial charge >= 0.3 is 0 Å². The summed E-state index contributed by atoms with van der Waals surface area (Å²) in [6.45, 7) is 2.64. The summed E-state index contributed by atoms with van der Waals surface area (Å²) in [5.41, 5.74) is 1.95. The van der Waals surface area contributed by atoms with Crippen LogP contribution in [0.25, 0.3) is 10.6 Å². The summed E-state index contributed by atoms with van der Waals surface area (Å²) in [7, 11) is 3.30. The van der Waals surface area contributed by atoms with Crippen LogP contribution in [0.5, 0.6) is 11.5 Å². The number of hydrogen-bond donors (Lipinski definition) is 0. The molecule has 1 aliphatic rings. The number of nitrogens with zero attached hydrogens (tertiary/aromatic N) is 5. The molecule has 0 N–H and O–H groups in total. The van der Waals surface area contributed by atoms with Gasteiger partial charge in [0.25, 0.3) is 0 Å². The quantitative estimate of drug-likeness (QED) is 0.309. The topological polar surface area (TPSA) is 78.4 Å². The highest BCUT2D eigenvalue weighted by Gasteiger charge is 2.22. The second-order valence-electron chi connectivity index (χ2n) is 7.64. The Labute approximate surface area is 200 Å². The summed E-state index contributed by atoms with van der Waals surface area (Å²) >= 11 is 3.24. The van der Waals surface area contributed by atoms with Gasteiger partial charge in [0.15, 0.2) is 5.16 Å². The third-order valence-corrected chi connectivity index (χ3v) is 7.44. The van der Waals surface area contributed by atoms with E-state index < -0.39 is 0 Å². The minimum Gasteiger partial charge on any atom is -0.497 e. The molecule has 1 fully saturated rings. The summed E-state index contributed by atoms with van der Waals surface area (Å²) in [4.78, 5) is 7.14. The minimum absolute atomic E-state index is 0.611. The molecule has 0 unspecified atom stereocenters. The van der Waals surface area contributed by atoms with Crippen LogP contribution in [-0.4, -0.2) is 47.1 Å². The van der Waals surface area contributed by atoms with E-state index in [2.05, 4.69) is 25.0 Å². The van der Waals surface area contributed by atoms with Crippen molar-refractivity contribution in [3.63, 3.8) is 0 Å². The highest BCUT2D eigenvalue weighted by molar-refractivity contribution is 7.98. The fourth-order valence-corrected chi connectivity index (χ4v) is 5.63. The van der Waals surface area contributed by atoms with Crippen LogP contribution >= 0.6 is 23.1 Å². The molecule has 0 bridgehead atoms. The predicted octanol–water partition coefficient (Wildman–Crippen LogP) is 4.95. The zero-order valence-electron chi connectivity index (χ0n) is 18.6. The lowest BCUT2D eigenvalue weighted by molar-refractivity contribution is 0.395. The number of furan rings is 1. The molecule has 33 heavy (non-hydrogen) atoms. The fraction of sp³-hybridized carbons (Fsp3) is 0.348. The van der Waals surface area contributed by atoms with Crippen molar-refractivity contribution in [2.45, 2.75) is 30.3 Å². The Balaban J connectivity index is 1.34. The predicted molar refractivity (Wildman–Crippen MR) is 129 cm³/mol. The highest BCUT2D eigenvalue weighted by Crippen LogP contribution is 2.36. The number of aromatic nitrogens is 4. The maximum atomic E-state index is 5.60. The number of benzene rings is 1. The van der Waals surface area contributed by atoms with E-state index in [9.17, 15) is 0 Å². The van der Waals surface area contributed by atoms with E-state index in [-0.39, 0.29) is 0 Å². The largest absolute Gasteiger partial charge is 0.497 e. The van der Waals surface area contributed by atoms with Crippen molar-refractivity contribution in [1.29, 1.82) is 0 Å². The highest BCUT2D eigenvalue weighted by atomic mass is 32.2. The Morgan fingerprint density at radius 3 is 2.76 bits per heavy atom. The molecule has 4 aromatic rings. The van der Waals surface area contributed by atoms with Gasteiger partial charge in [0, 0.05) is 30.3 Å². The van der Waals surface area contributed by atoms with E-state index >= 15 is 0 Å². The van der Waals surface area contributed by atoms with Gasteiger partial charge in [-0.15, -0.1) is 21.5 Å². The molecular weight excluding hydrogens is 458 g/mol. The number of hydrogen-bond acceptors (Lipinski definition) is 9. The Bertz CT molecular complexity index is 1200. The van der Waals surface area contributed by atoms with Crippen molar-refractivity contribution >= 4 is 29.0 Å². The third-order valence-electron chi connectivity index (χ3n) is 5.52. The van der Waals surface area contributed by atoms with Crippen LogP contribution in [0.4, 0.5) is 5.95 Å². The summed E-state index contributed by atoms with van der Waals surface area (Å²) < 4.78 is 18.6. The van der Waals surface area contributed by atoms with E-state index in [1.54, 1.807) is 43.6 Å². The molecule has 0 atom stereocenters. The maximum absolute atomic E-state index is 5.60. The van der Waals surface area contributed by atoms with E-state index in [1.807, 2.05) is 30.3 Å². The molecule has 4 heterocycles. The van der Waals surface area contributed by atoms with Crippen molar-refractivity contribution in [2.24, 2.45) is 0 Å². The Hall–Kier alpha value is -2.98. The van der Waals surface area contributed by atoms with Gasteiger partial charge in [-0.2, -0.15) is 0 Å². The molecule has 0 saturated carbocycles. The van der Waals surface area contributed by atoms with Crippen LogP contribution in [0.2, 0.25) is 0 Å². The minimum atomic E-state index is 0.611. The molecule has 10 heteroatoms. The van der Waals surface area contributed by atoms with Gasteiger partial charge in [0.05, 0.1) is 38.3 Å².